The summed E-state index contributed by atoms with van der Waals surface area (Å²) in [7, 11) is 4.13. The summed E-state index contributed by atoms with van der Waals surface area (Å²) >= 11 is 1.45. The van der Waals surface area contributed by atoms with Crippen LogP contribution >= 0.6 is 11.3 Å². The molecule has 38 heavy (non-hydrogen) atoms. The van der Waals surface area contributed by atoms with E-state index in [1.165, 1.54) is 16.9 Å². The summed E-state index contributed by atoms with van der Waals surface area (Å²) < 4.78 is 6.90. The minimum absolute atomic E-state index is 0.0190. The van der Waals surface area contributed by atoms with Crippen molar-refractivity contribution in [3.63, 3.8) is 0 Å². The maximum Gasteiger partial charge on any atom is 0.262 e. The first-order chi connectivity index (χ1) is 18.3. The molecule has 204 valence electrons. The van der Waals surface area contributed by atoms with E-state index in [1.807, 2.05) is 56.3 Å². The van der Waals surface area contributed by atoms with Gasteiger partial charge in [0.1, 0.15) is 11.8 Å². The Labute approximate surface area is 230 Å². The number of fused-ring (bicyclic) bond motifs is 1. The summed E-state index contributed by atoms with van der Waals surface area (Å²) in [6.07, 6.45) is 1.90. The molecule has 2 atom stereocenters. The molecule has 0 spiro atoms. The van der Waals surface area contributed by atoms with Gasteiger partial charge in [-0.25, -0.2) is 0 Å². The molecule has 3 aromatic rings. The van der Waals surface area contributed by atoms with Gasteiger partial charge in [-0.2, -0.15) is 0 Å². The van der Waals surface area contributed by atoms with Gasteiger partial charge in [-0.15, -0.1) is 11.3 Å². The number of nitrogens with zero attached hydrogens (tertiary/aromatic N) is 2. The second kappa shape index (κ2) is 13.2. The molecule has 0 saturated carbocycles. The lowest BCUT2D eigenvalue weighted by Crippen LogP contribution is -2.52. The van der Waals surface area contributed by atoms with E-state index in [9.17, 15) is 9.59 Å². The van der Waals surface area contributed by atoms with Crippen molar-refractivity contribution in [1.29, 1.82) is 0 Å². The van der Waals surface area contributed by atoms with E-state index in [0.29, 0.717) is 11.5 Å². The van der Waals surface area contributed by atoms with Crippen molar-refractivity contribution in [2.75, 3.05) is 40.3 Å². The van der Waals surface area contributed by atoms with Crippen LogP contribution in [0.25, 0.3) is 10.1 Å². The molecule has 1 aliphatic rings. The number of benzene rings is 2. The number of likely N-dealkylation sites (tertiary alicyclic amines) is 1. The largest absolute Gasteiger partial charge is 0.494 e. The molecular formula is C30H40N4O3S. The number of carbonyl (C=O) groups excluding carboxylic acids is 2. The quantitative estimate of drug-likeness (QED) is 0.336. The summed E-state index contributed by atoms with van der Waals surface area (Å²) in [5.74, 6) is 0.571. The van der Waals surface area contributed by atoms with Crippen LogP contribution in [0.4, 0.5) is 0 Å². The molecule has 1 aromatic heterocycles. The number of carbonyl (C=O) groups is 2. The van der Waals surface area contributed by atoms with E-state index >= 15 is 0 Å². The average molecular weight is 537 g/mol. The predicted octanol–water partition coefficient (Wildman–Crippen LogP) is 4.38. The van der Waals surface area contributed by atoms with Crippen molar-refractivity contribution in [2.45, 2.75) is 45.3 Å². The zero-order valence-electron chi connectivity index (χ0n) is 22.9. The van der Waals surface area contributed by atoms with Crippen LogP contribution in [0.1, 0.15) is 41.9 Å². The van der Waals surface area contributed by atoms with Crippen LogP contribution in [0, 0.1) is 5.92 Å². The van der Waals surface area contributed by atoms with Crippen LogP contribution in [0.3, 0.4) is 0 Å². The molecule has 7 nitrogen and oxygen atoms in total. The third kappa shape index (κ3) is 7.79. The monoisotopic (exact) mass is 536 g/mol. The Kier molecular flexibility index (Phi) is 9.77. The Hall–Kier alpha value is -2.94. The van der Waals surface area contributed by atoms with Crippen LogP contribution < -0.4 is 15.4 Å². The molecule has 0 aliphatic carbocycles. The number of thiophene rings is 1. The summed E-state index contributed by atoms with van der Waals surface area (Å²) in [6, 6.07) is 17.6. The van der Waals surface area contributed by atoms with Gasteiger partial charge < -0.3 is 20.3 Å². The van der Waals surface area contributed by atoms with E-state index in [-0.39, 0.29) is 23.8 Å². The van der Waals surface area contributed by atoms with Gasteiger partial charge in [-0.05, 0) is 68.1 Å². The Bertz CT molecular complexity index is 1170. The van der Waals surface area contributed by atoms with Crippen LogP contribution in [-0.2, 0) is 11.3 Å². The Morgan fingerprint density at radius 3 is 2.61 bits per heavy atom. The SMILES string of the molecule is CC(C)[C@H](NC(=O)c1cc2ccccc2s1)C(=O)N[C@H]1CCN(Cc2ccc(OCCCN(C)C)cc2)C1. The third-order valence-corrected chi connectivity index (χ3v) is 7.97. The fraction of sp³-hybridized carbons (Fsp3) is 0.467. The highest BCUT2D eigenvalue weighted by Gasteiger charge is 2.30. The van der Waals surface area contributed by atoms with E-state index in [1.54, 1.807) is 0 Å². The van der Waals surface area contributed by atoms with Gasteiger partial charge in [0, 0.05) is 36.9 Å². The molecule has 0 unspecified atom stereocenters. The molecule has 0 bridgehead atoms. The van der Waals surface area contributed by atoms with Gasteiger partial charge in [0.2, 0.25) is 5.91 Å². The van der Waals surface area contributed by atoms with Gasteiger partial charge in [-0.1, -0.05) is 44.2 Å². The van der Waals surface area contributed by atoms with Crippen molar-refractivity contribution >= 4 is 33.2 Å². The molecule has 1 fully saturated rings. The molecule has 1 saturated heterocycles. The standard InChI is InChI=1S/C30H40N4O3S/c1-21(2)28(32-29(35)27-18-23-8-5-6-9-26(23)38-27)30(36)31-24-14-16-34(20-24)19-22-10-12-25(13-11-22)37-17-7-15-33(3)4/h5-6,8-13,18,21,24,28H,7,14-17,19-20H2,1-4H3,(H,31,36)(H,32,35)/t24-,28-/m0/s1. The first kappa shape index (κ1) is 28.1. The first-order valence-electron chi connectivity index (χ1n) is 13.5. The summed E-state index contributed by atoms with van der Waals surface area (Å²) in [5.41, 5.74) is 1.23. The number of nitrogens with one attached hydrogen (secondary N) is 2. The summed E-state index contributed by atoms with van der Waals surface area (Å²) in [6.45, 7) is 8.22. The van der Waals surface area contributed by atoms with E-state index in [0.717, 1.165) is 54.9 Å². The fourth-order valence-electron chi connectivity index (χ4n) is 4.75. The zero-order valence-corrected chi connectivity index (χ0v) is 23.7. The maximum absolute atomic E-state index is 13.2. The summed E-state index contributed by atoms with van der Waals surface area (Å²) in [4.78, 5) is 31.3. The van der Waals surface area contributed by atoms with Crippen LogP contribution in [0.2, 0.25) is 0 Å². The molecule has 2 amide bonds. The van der Waals surface area contributed by atoms with Crippen LogP contribution in [0.5, 0.6) is 5.75 Å². The zero-order chi connectivity index (χ0) is 27.1. The number of amides is 2. The number of hydrogen-bond acceptors (Lipinski definition) is 6. The molecule has 2 heterocycles. The van der Waals surface area contributed by atoms with E-state index < -0.39 is 6.04 Å². The van der Waals surface area contributed by atoms with Crippen molar-refractivity contribution in [3.8, 4) is 5.75 Å². The topological polar surface area (TPSA) is 73.9 Å². The minimum atomic E-state index is -0.577. The van der Waals surface area contributed by atoms with Gasteiger partial charge >= 0.3 is 0 Å². The maximum atomic E-state index is 13.2. The van der Waals surface area contributed by atoms with Crippen molar-refractivity contribution in [1.82, 2.24) is 20.4 Å². The van der Waals surface area contributed by atoms with Crippen LogP contribution in [-0.4, -0.2) is 74.0 Å². The van der Waals surface area contributed by atoms with Crippen molar-refractivity contribution in [2.24, 2.45) is 5.92 Å². The third-order valence-electron chi connectivity index (χ3n) is 6.85. The lowest BCUT2D eigenvalue weighted by Gasteiger charge is -2.24. The highest BCUT2D eigenvalue weighted by atomic mass is 32.1. The smallest absolute Gasteiger partial charge is 0.262 e. The highest BCUT2D eigenvalue weighted by molar-refractivity contribution is 7.20. The Morgan fingerprint density at radius 2 is 1.89 bits per heavy atom. The normalized spacial score (nSPS) is 16.7. The number of ether oxygens (including phenoxy) is 1. The molecule has 8 heteroatoms. The van der Waals surface area contributed by atoms with Crippen molar-refractivity contribution in [3.05, 3.63) is 65.0 Å². The first-order valence-corrected chi connectivity index (χ1v) is 14.3. The minimum Gasteiger partial charge on any atom is -0.494 e. The second-order valence-corrected chi connectivity index (χ2v) is 11.8. The van der Waals surface area contributed by atoms with Gasteiger partial charge in [0.25, 0.3) is 5.91 Å². The molecule has 0 radical (unpaired) electrons. The Balaban J connectivity index is 1.24. The van der Waals surface area contributed by atoms with E-state index in [4.69, 9.17) is 4.74 Å². The lowest BCUT2D eigenvalue weighted by molar-refractivity contribution is -0.124. The van der Waals surface area contributed by atoms with Gasteiger partial charge in [0.05, 0.1) is 11.5 Å². The molecule has 1 aliphatic heterocycles. The number of hydrogen-bond donors (Lipinski definition) is 2. The molecule has 2 aromatic carbocycles. The fourth-order valence-corrected chi connectivity index (χ4v) is 5.71. The van der Waals surface area contributed by atoms with E-state index in [2.05, 4.69) is 46.7 Å². The molecule has 2 N–H and O–H groups in total. The van der Waals surface area contributed by atoms with Crippen molar-refractivity contribution < 1.29 is 14.3 Å². The Morgan fingerprint density at radius 1 is 1.13 bits per heavy atom. The highest BCUT2D eigenvalue weighted by Crippen LogP contribution is 2.25. The number of rotatable bonds is 12. The summed E-state index contributed by atoms with van der Waals surface area (Å²) in [5, 5.41) is 7.21. The molecule has 4 rings (SSSR count). The molecular weight excluding hydrogens is 496 g/mol. The van der Waals surface area contributed by atoms with Gasteiger partial charge in [-0.3, -0.25) is 14.5 Å². The van der Waals surface area contributed by atoms with Crippen LogP contribution in [0.15, 0.2) is 54.6 Å². The second-order valence-electron chi connectivity index (χ2n) is 10.7. The predicted molar refractivity (Wildman–Crippen MR) is 155 cm³/mol. The lowest BCUT2D eigenvalue weighted by atomic mass is 10.0. The average Bonchev–Trinajstić information content (AvgIpc) is 3.52. The van der Waals surface area contributed by atoms with Gasteiger partial charge in [0.15, 0.2) is 0 Å².